The average Bonchev–Trinajstić information content (AvgIpc) is 2.71. The van der Waals surface area contributed by atoms with Gasteiger partial charge in [-0.1, -0.05) is 25.1 Å². The van der Waals surface area contributed by atoms with Gasteiger partial charge in [-0.05, 0) is 47.7 Å². The maximum atomic E-state index is 13.4. The molecule has 2 aromatic rings. The van der Waals surface area contributed by atoms with Gasteiger partial charge in [-0.25, -0.2) is 8.78 Å². The molecule has 0 aromatic heterocycles. The van der Waals surface area contributed by atoms with Gasteiger partial charge in [0.1, 0.15) is 0 Å². The van der Waals surface area contributed by atoms with Crippen LogP contribution < -0.4 is 16.0 Å². The molecule has 0 radical (unpaired) electrons. The highest BCUT2D eigenvalue weighted by Gasteiger charge is 2.10. The van der Waals surface area contributed by atoms with Crippen LogP contribution in [0.3, 0.4) is 0 Å². The molecule has 8 heteroatoms. The molecular weight excluding hydrogens is 489 g/mol. The van der Waals surface area contributed by atoms with Crippen molar-refractivity contribution in [2.24, 2.45) is 4.99 Å². The summed E-state index contributed by atoms with van der Waals surface area (Å²) in [5, 5.41) is 9.01. The maximum absolute atomic E-state index is 13.4. The van der Waals surface area contributed by atoms with Crippen LogP contribution in [0.4, 0.5) is 8.78 Å². The van der Waals surface area contributed by atoms with Crippen LogP contribution in [0.1, 0.15) is 34.3 Å². The lowest BCUT2D eigenvalue weighted by atomic mass is 10.0. The highest BCUT2D eigenvalue weighted by atomic mass is 127. The number of carbonyl (C=O) groups excluding carboxylic acids is 1. The van der Waals surface area contributed by atoms with Crippen LogP contribution in [0.5, 0.6) is 0 Å². The molecule has 0 bridgehead atoms. The summed E-state index contributed by atoms with van der Waals surface area (Å²) >= 11 is 0. The second kappa shape index (κ2) is 12.4. The zero-order chi connectivity index (χ0) is 20.5. The first-order valence-electron chi connectivity index (χ1n) is 9.15. The van der Waals surface area contributed by atoms with Gasteiger partial charge in [0.2, 0.25) is 0 Å². The van der Waals surface area contributed by atoms with Gasteiger partial charge in [0, 0.05) is 32.7 Å². The smallest absolute Gasteiger partial charge is 0.251 e. The highest BCUT2D eigenvalue weighted by Crippen LogP contribution is 2.17. The minimum atomic E-state index is -0.845. The maximum Gasteiger partial charge on any atom is 0.251 e. The molecule has 1 atom stereocenters. The van der Waals surface area contributed by atoms with E-state index in [1.54, 1.807) is 26.2 Å². The Hall–Kier alpha value is -2.23. The van der Waals surface area contributed by atoms with Crippen LogP contribution >= 0.6 is 24.0 Å². The predicted molar refractivity (Wildman–Crippen MR) is 123 cm³/mol. The Morgan fingerprint density at radius 3 is 2.52 bits per heavy atom. The molecule has 0 saturated heterocycles. The molecule has 5 nitrogen and oxygen atoms in total. The number of benzene rings is 2. The summed E-state index contributed by atoms with van der Waals surface area (Å²) in [6, 6.07) is 11.4. The Morgan fingerprint density at radius 1 is 1.10 bits per heavy atom. The molecule has 1 unspecified atom stereocenters. The summed E-state index contributed by atoms with van der Waals surface area (Å²) < 4.78 is 26.4. The summed E-state index contributed by atoms with van der Waals surface area (Å²) in [5.41, 5.74) is 2.38. The van der Waals surface area contributed by atoms with Crippen molar-refractivity contribution in [3.8, 4) is 0 Å². The molecule has 0 aliphatic carbocycles. The molecule has 29 heavy (non-hydrogen) atoms. The topological polar surface area (TPSA) is 65.5 Å². The molecule has 2 rings (SSSR count). The van der Waals surface area contributed by atoms with Crippen LogP contribution in [0.15, 0.2) is 47.5 Å². The first-order chi connectivity index (χ1) is 13.4. The van der Waals surface area contributed by atoms with Gasteiger partial charge >= 0.3 is 0 Å². The number of hydrogen-bond acceptors (Lipinski definition) is 2. The van der Waals surface area contributed by atoms with E-state index in [1.807, 2.05) is 25.1 Å². The Balaban J connectivity index is 0.00000420. The minimum absolute atomic E-state index is 0. The van der Waals surface area contributed by atoms with Crippen molar-refractivity contribution in [2.45, 2.75) is 19.3 Å². The standard InChI is InChI=1S/C21H26F2N4O.HI/c1-14(16-7-8-18(22)19(23)12-16)13-27-21(25-3)26-10-9-15-5-4-6-17(11-15)20(28)24-2;/h4-8,11-12,14H,9-10,13H2,1-3H3,(H,24,28)(H2,25,26,27);1H. The van der Waals surface area contributed by atoms with Crippen molar-refractivity contribution in [1.82, 2.24) is 16.0 Å². The van der Waals surface area contributed by atoms with Crippen molar-refractivity contribution in [3.63, 3.8) is 0 Å². The number of carbonyl (C=O) groups is 1. The third-order valence-electron chi connectivity index (χ3n) is 4.43. The number of nitrogens with one attached hydrogen (secondary N) is 3. The molecule has 0 saturated carbocycles. The SMILES string of the molecule is CN=C(NCCc1cccc(C(=O)NC)c1)NCC(C)c1ccc(F)c(F)c1.I. The summed E-state index contributed by atoms with van der Waals surface area (Å²) in [4.78, 5) is 15.9. The quantitative estimate of drug-likeness (QED) is 0.300. The average molecular weight is 516 g/mol. The molecule has 0 heterocycles. The molecule has 1 amide bonds. The van der Waals surface area contributed by atoms with Crippen molar-refractivity contribution in [3.05, 3.63) is 70.8 Å². The number of aliphatic imine (C=N–C) groups is 1. The molecular formula is C21H27F2IN4O. The monoisotopic (exact) mass is 516 g/mol. The van der Waals surface area contributed by atoms with Gasteiger partial charge in [0.15, 0.2) is 17.6 Å². The fourth-order valence-electron chi connectivity index (χ4n) is 2.74. The van der Waals surface area contributed by atoms with E-state index >= 15 is 0 Å². The van der Waals surface area contributed by atoms with Crippen molar-refractivity contribution in [1.29, 1.82) is 0 Å². The van der Waals surface area contributed by atoms with E-state index in [9.17, 15) is 13.6 Å². The lowest BCUT2D eigenvalue weighted by Crippen LogP contribution is -2.39. The minimum Gasteiger partial charge on any atom is -0.356 e. The van der Waals surface area contributed by atoms with Gasteiger partial charge in [0.25, 0.3) is 5.91 Å². The Morgan fingerprint density at radius 2 is 1.86 bits per heavy atom. The van der Waals surface area contributed by atoms with E-state index in [0.717, 1.165) is 18.1 Å². The van der Waals surface area contributed by atoms with E-state index in [0.29, 0.717) is 30.2 Å². The number of nitrogens with zero attached hydrogens (tertiary/aromatic N) is 1. The fourth-order valence-corrected chi connectivity index (χ4v) is 2.74. The lowest BCUT2D eigenvalue weighted by Gasteiger charge is -2.16. The first kappa shape index (κ1) is 24.8. The normalized spacial score (nSPS) is 12.0. The molecule has 0 aliphatic rings. The van der Waals surface area contributed by atoms with Crippen molar-refractivity contribution >= 4 is 35.8 Å². The molecule has 0 aliphatic heterocycles. The molecule has 158 valence electrons. The van der Waals surface area contributed by atoms with Crippen molar-refractivity contribution in [2.75, 3.05) is 27.2 Å². The van der Waals surface area contributed by atoms with Crippen LogP contribution in [-0.4, -0.2) is 39.1 Å². The van der Waals surface area contributed by atoms with E-state index in [-0.39, 0.29) is 35.8 Å². The third kappa shape index (κ3) is 7.60. The van der Waals surface area contributed by atoms with Crippen LogP contribution in [0.25, 0.3) is 0 Å². The lowest BCUT2D eigenvalue weighted by molar-refractivity contribution is 0.0963. The van der Waals surface area contributed by atoms with Crippen LogP contribution in [0.2, 0.25) is 0 Å². The predicted octanol–water partition coefficient (Wildman–Crippen LogP) is 3.45. The number of rotatable bonds is 7. The summed E-state index contributed by atoms with van der Waals surface area (Å²) in [5.74, 6) is -1.19. The number of halogens is 3. The third-order valence-corrected chi connectivity index (χ3v) is 4.43. The van der Waals surface area contributed by atoms with Crippen LogP contribution in [-0.2, 0) is 6.42 Å². The summed E-state index contributed by atoms with van der Waals surface area (Å²) in [7, 11) is 3.28. The Kier molecular flexibility index (Phi) is 10.6. The number of amides is 1. The molecule has 0 fully saturated rings. The summed E-state index contributed by atoms with van der Waals surface area (Å²) in [6.07, 6.45) is 0.726. The van der Waals surface area contributed by atoms with Crippen molar-refractivity contribution < 1.29 is 13.6 Å². The number of hydrogen-bond donors (Lipinski definition) is 3. The van der Waals surface area contributed by atoms with Gasteiger partial charge in [-0.15, -0.1) is 24.0 Å². The molecule has 0 spiro atoms. The Labute approximate surface area is 187 Å². The zero-order valence-corrected chi connectivity index (χ0v) is 19.1. The summed E-state index contributed by atoms with van der Waals surface area (Å²) in [6.45, 7) is 3.09. The van der Waals surface area contributed by atoms with E-state index < -0.39 is 11.6 Å². The molecule has 2 aromatic carbocycles. The van der Waals surface area contributed by atoms with E-state index in [2.05, 4.69) is 20.9 Å². The second-order valence-corrected chi connectivity index (χ2v) is 6.48. The second-order valence-electron chi connectivity index (χ2n) is 6.48. The van der Waals surface area contributed by atoms with Gasteiger partial charge in [-0.3, -0.25) is 9.79 Å². The Bertz CT molecular complexity index is 845. The highest BCUT2D eigenvalue weighted by molar-refractivity contribution is 14.0. The van der Waals surface area contributed by atoms with E-state index in [1.165, 1.54) is 6.07 Å². The zero-order valence-electron chi connectivity index (χ0n) is 16.8. The number of guanidine groups is 1. The van der Waals surface area contributed by atoms with Gasteiger partial charge < -0.3 is 16.0 Å². The van der Waals surface area contributed by atoms with Crippen LogP contribution in [0, 0.1) is 11.6 Å². The molecule has 3 N–H and O–H groups in total. The fraction of sp³-hybridized carbons (Fsp3) is 0.333. The van der Waals surface area contributed by atoms with E-state index in [4.69, 9.17) is 0 Å². The van der Waals surface area contributed by atoms with Gasteiger partial charge in [-0.2, -0.15) is 0 Å². The largest absolute Gasteiger partial charge is 0.356 e. The first-order valence-corrected chi connectivity index (χ1v) is 9.15. The van der Waals surface area contributed by atoms with Gasteiger partial charge in [0.05, 0.1) is 0 Å².